The quantitative estimate of drug-likeness (QED) is 0.634. The van der Waals surface area contributed by atoms with Gasteiger partial charge in [-0.3, -0.25) is 9.59 Å². The van der Waals surface area contributed by atoms with Gasteiger partial charge >= 0.3 is 0 Å². The molecule has 0 spiro atoms. The van der Waals surface area contributed by atoms with Crippen LogP contribution in [0.5, 0.6) is 0 Å². The standard InChI is InChI=1S/C8H14O2S/c1-6(2)8(10)5-11-4-7(3)9/h6H,4-5H2,1-3H3. The molecule has 0 N–H and O–H groups in total. The molecule has 2 nitrogen and oxygen atoms in total. The van der Waals surface area contributed by atoms with Crippen LogP contribution >= 0.6 is 11.8 Å². The highest BCUT2D eigenvalue weighted by atomic mass is 32.2. The molecular formula is C8H14O2S. The average molecular weight is 174 g/mol. The molecule has 0 atom stereocenters. The van der Waals surface area contributed by atoms with Gasteiger partial charge in [0.2, 0.25) is 0 Å². The Kier molecular flexibility index (Phi) is 5.20. The molecule has 0 aromatic carbocycles. The van der Waals surface area contributed by atoms with Gasteiger partial charge < -0.3 is 0 Å². The molecular weight excluding hydrogens is 160 g/mol. The van der Waals surface area contributed by atoms with E-state index in [4.69, 9.17) is 0 Å². The van der Waals surface area contributed by atoms with Gasteiger partial charge in [-0.2, -0.15) is 0 Å². The largest absolute Gasteiger partial charge is 0.299 e. The minimum atomic E-state index is 0.0921. The van der Waals surface area contributed by atoms with Gasteiger partial charge in [-0.05, 0) is 6.92 Å². The Morgan fingerprint density at radius 2 is 1.82 bits per heavy atom. The van der Waals surface area contributed by atoms with Crippen LogP contribution in [0.15, 0.2) is 0 Å². The van der Waals surface area contributed by atoms with Crippen molar-refractivity contribution in [2.45, 2.75) is 20.8 Å². The van der Waals surface area contributed by atoms with Crippen molar-refractivity contribution in [2.24, 2.45) is 5.92 Å². The molecule has 0 aliphatic heterocycles. The topological polar surface area (TPSA) is 34.1 Å². The van der Waals surface area contributed by atoms with E-state index in [0.717, 1.165) is 0 Å². The summed E-state index contributed by atoms with van der Waals surface area (Å²) in [5.74, 6) is 1.37. The first-order valence-corrected chi connectivity index (χ1v) is 4.79. The first-order valence-electron chi connectivity index (χ1n) is 3.64. The van der Waals surface area contributed by atoms with E-state index in [0.29, 0.717) is 11.5 Å². The van der Waals surface area contributed by atoms with E-state index in [9.17, 15) is 9.59 Å². The Hall–Kier alpha value is -0.310. The Morgan fingerprint density at radius 3 is 2.18 bits per heavy atom. The van der Waals surface area contributed by atoms with Crippen LogP contribution in [0.2, 0.25) is 0 Å². The molecule has 0 aliphatic rings. The first-order chi connectivity index (χ1) is 5.04. The van der Waals surface area contributed by atoms with Crippen LogP contribution in [0.3, 0.4) is 0 Å². The van der Waals surface area contributed by atoms with Crippen molar-refractivity contribution in [3.63, 3.8) is 0 Å². The van der Waals surface area contributed by atoms with Gasteiger partial charge in [-0.15, -0.1) is 11.8 Å². The molecule has 0 radical (unpaired) electrons. The van der Waals surface area contributed by atoms with Crippen molar-refractivity contribution in [3.05, 3.63) is 0 Å². The zero-order valence-electron chi connectivity index (χ0n) is 7.22. The fraction of sp³-hybridized carbons (Fsp3) is 0.750. The van der Waals surface area contributed by atoms with E-state index < -0.39 is 0 Å². The maximum atomic E-state index is 11.0. The van der Waals surface area contributed by atoms with Crippen molar-refractivity contribution in [1.29, 1.82) is 0 Å². The molecule has 0 unspecified atom stereocenters. The number of hydrogen-bond acceptors (Lipinski definition) is 3. The van der Waals surface area contributed by atoms with Gasteiger partial charge in [-0.25, -0.2) is 0 Å². The molecule has 0 saturated heterocycles. The molecule has 3 heteroatoms. The summed E-state index contributed by atoms with van der Waals surface area (Å²) in [6.07, 6.45) is 0. The molecule has 0 aromatic heterocycles. The SMILES string of the molecule is CC(=O)CSCC(=O)C(C)C. The summed E-state index contributed by atoms with van der Waals surface area (Å²) in [5.41, 5.74) is 0. The van der Waals surface area contributed by atoms with Gasteiger partial charge in [0.05, 0.1) is 11.5 Å². The Morgan fingerprint density at radius 1 is 1.27 bits per heavy atom. The van der Waals surface area contributed by atoms with Crippen LogP contribution in [0, 0.1) is 5.92 Å². The number of Topliss-reactive ketones (excluding diaryl/α,β-unsaturated/α-hetero) is 2. The molecule has 0 heterocycles. The fourth-order valence-electron chi connectivity index (χ4n) is 0.462. The molecule has 0 rings (SSSR count). The normalized spacial score (nSPS) is 10.2. The number of ketones is 2. The molecule has 64 valence electrons. The Bertz CT molecular complexity index is 152. The summed E-state index contributed by atoms with van der Waals surface area (Å²) in [7, 11) is 0. The molecule has 0 aromatic rings. The van der Waals surface area contributed by atoms with Crippen molar-refractivity contribution >= 4 is 23.3 Å². The highest BCUT2D eigenvalue weighted by Gasteiger charge is 2.06. The molecule has 11 heavy (non-hydrogen) atoms. The fourth-order valence-corrected chi connectivity index (χ4v) is 1.39. The number of hydrogen-bond donors (Lipinski definition) is 0. The van der Waals surface area contributed by atoms with E-state index >= 15 is 0 Å². The van der Waals surface area contributed by atoms with E-state index in [2.05, 4.69) is 0 Å². The summed E-state index contributed by atoms with van der Waals surface area (Å²) in [4.78, 5) is 21.5. The van der Waals surface area contributed by atoms with Crippen LogP contribution in [-0.4, -0.2) is 23.1 Å². The highest BCUT2D eigenvalue weighted by molar-refractivity contribution is 8.00. The molecule has 0 aliphatic carbocycles. The Labute approximate surface area is 71.7 Å². The maximum absolute atomic E-state index is 11.0. The minimum absolute atomic E-state index is 0.0921. The van der Waals surface area contributed by atoms with E-state index in [1.54, 1.807) is 0 Å². The van der Waals surface area contributed by atoms with E-state index in [1.165, 1.54) is 18.7 Å². The molecule has 0 saturated carbocycles. The summed E-state index contributed by atoms with van der Waals surface area (Å²) in [6.45, 7) is 5.28. The minimum Gasteiger partial charge on any atom is -0.299 e. The number of carbonyl (C=O) groups is 2. The van der Waals surface area contributed by atoms with Crippen molar-refractivity contribution < 1.29 is 9.59 Å². The predicted molar refractivity (Wildman–Crippen MR) is 47.9 cm³/mol. The number of rotatable bonds is 5. The van der Waals surface area contributed by atoms with Crippen molar-refractivity contribution in [2.75, 3.05) is 11.5 Å². The second-order valence-electron chi connectivity index (χ2n) is 2.82. The second-order valence-corrected chi connectivity index (χ2v) is 3.80. The van der Waals surface area contributed by atoms with Gasteiger partial charge in [0, 0.05) is 5.92 Å². The molecule has 0 bridgehead atoms. The lowest BCUT2D eigenvalue weighted by molar-refractivity contribution is -0.119. The third-order valence-corrected chi connectivity index (χ3v) is 2.29. The second kappa shape index (κ2) is 5.35. The predicted octanol–water partition coefficient (Wildman–Crippen LogP) is 1.53. The molecule has 0 amide bonds. The lowest BCUT2D eigenvalue weighted by atomic mass is 10.1. The highest BCUT2D eigenvalue weighted by Crippen LogP contribution is 2.04. The number of carbonyl (C=O) groups excluding carboxylic acids is 2. The van der Waals surface area contributed by atoms with Gasteiger partial charge in [0.15, 0.2) is 0 Å². The molecule has 0 fully saturated rings. The monoisotopic (exact) mass is 174 g/mol. The van der Waals surface area contributed by atoms with Crippen LogP contribution in [0.25, 0.3) is 0 Å². The summed E-state index contributed by atoms with van der Waals surface area (Å²) in [5, 5.41) is 0. The summed E-state index contributed by atoms with van der Waals surface area (Å²) >= 11 is 1.40. The number of thioether (sulfide) groups is 1. The zero-order valence-corrected chi connectivity index (χ0v) is 8.03. The first kappa shape index (κ1) is 10.7. The van der Waals surface area contributed by atoms with Crippen LogP contribution in [0.1, 0.15) is 20.8 Å². The van der Waals surface area contributed by atoms with Crippen molar-refractivity contribution in [3.8, 4) is 0 Å². The van der Waals surface area contributed by atoms with E-state index in [1.807, 2.05) is 13.8 Å². The van der Waals surface area contributed by atoms with Gasteiger partial charge in [-0.1, -0.05) is 13.8 Å². The van der Waals surface area contributed by atoms with Gasteiger partial charge in [0.25, 0.3) is 0 Å². The van der Waals surface area contributed by atoms with E-state index in [-0.39, 0.29) is 17.5 Å². The summed E-state index contributed by atoms with van der Waals surface area (Å²) in [6, 6.07) is 0. The lowest BCUT2D eigenvalue weighted by Gasteiger charge is -2.01. The Balaban J connectivity index is 3.39. The lowest BCUT2D eigenvalue weighted by Crippen LogP contribution is -2.10. The maximum Gasteiger partial charge on any atom is 0.145 e. The van der Waals surface area contributed by atoms with Crippen LogP contribution < -0.4 is 0 Å². The van der Waals surface area contributed by atoms with Crippen LogP contribution in [0.4, 0.5) is 0 Å². The van der Waals surface area contributed by atoms with Crippen molar-refractivity contribution in [1.82, 2.24) is 0 Å². The third kappa shape index (κ3) is 6.10. The summed E-state index contributed by atoms with van der Waals surface area (Å²) < 4.78 is 0. The smallest absolute Gasteiger partial charge is 0.145 e. The van der Waals surface area contributed by atoms with Crippen LogP contribution in [-0.2, 0) is 9.59 Å². The van der Waals surface area contributed by atoms with Gasteiger partial charge in [0.1, 0.15) is 11.6 Å². The zero-order chi connectivity index (χ0) is 8.85. The third-order valence-electron chi connectivity index (χ3n) is 1.19. The average Bonchev–Trinajstić information content (AvgIpc) is 1.86.